The second-order valence-corrected chi connectivity index (χ2v) is 8.86. The maximum absolute atomic E-state index is 13.5. The molecule has 3 aromatic heterocycles. The van der Waals surface area contributed by atoms with Gasteiger partial charge >= 0.3 is 0 Å². The molecule has 6 nitrogen and oxygen atoms in total. The van der Waals surface area contributed by atoms with Crippen molar-refractivity contribution in [3.05, 3.63) is 84.9 Å². The number of halogens is 1. The minimum absolute atomic E-state index is 0.0431. The number of aryl methyl sites for hydroxylation is 3. The van der Waals surface area contributed by atoms with Gasteiger partial charge in [-0.1, -0.05) is 11.6 Å². The third-order valence-corrected chi connectivity index (χ3v) is 6.88. The van der Waals surface area contributed by atoms with E-state index in [0.29, 0.717) is 26.7 Å². The Labute approximate surface area is 180 Å². The second-order valence-electron chi connectivity index (χ2n) is 7.27. The summed E-state index contributed by atoms with van der Waals surface area (Å²) in [5, 5.41) is 1.35. The quantitative estimate of drug-likeness (QED) is 0.442. The third-order valence-electron chi connectivity index (χ3n) is 5.40. The number of hydrogen-bond donors (Lipinski definition) is 0. The molecule has 5 rings (SSSR count). The van der Waals surface area contributed by atoms with Crippen molar-refractivity contribution < 1.29 is 9.21 Å². The summed E-state index contributed by atoms with van der Waals surface area (Å²) < 4.78 is 5.99. The van der Waals surface area contributed by atoms with Gasteiger partial charge in [0.25, 0.3) is 5.91 Å². The Morgan fingerprint density at radius 1 is 1.13 bits per heavy atom. The predicted octanol–water partition coefficient (Wildman–Crippen LogP) is 4.97. The molecule has 0 fully saturated rings. The zero-order chi connectivity index (χ0) is 21.2. The molecule has 30 heavy (non-hydrogen) atoms. The molecule has 0 radical (unpaired) electrons. The first-order chi connectivity index (χ1) is 14.4. The van der Waals surface area contributed by atoms with Gasteiger partial charge in [-0.3, -0.25) is 19.5 Å². The van der Waals surface area contributed by atoms with Crippen LogP contribution in [0.1, 0.15) is 43.9 Å². The normalized spacial score (nSPS) is 15.8. The summed E-state index contributed by atoms with van der Waals surface area (Å²) >= 11 is 7.68. The second kappa shape index (κ2) is 6.75. The lowest BCUT2D eigenvalue weighted by molar-refractivity contribution is 0.0971. The molecular formula is C22H16ClN3O3S. The number of hydrogen-bond acceptors (Lipinski definition) is 6. The maximum atomic E-state index is 13.5. The fourth-order valence-corrected chi connectivity index (χ4v) is 4.81. The number of carbonyl (C=O) groups is 1. The third kappa shape index (κ3) is 2.69. The molecule has 0 bridgehead atoms. The van der Waals surface area contributed by atoms with E-state index in [1.54, 1.807) is 41.6 Å². The van der Waals surface area contributed by atoms with Crippen molar-refractivity contribution in [3.63, 3.8) is 0 Å². The monoisotopic (exact) mass is 437 g/mol. The van der Waals surface area contributed by atoms with Gasteiger partial charge in [0.15, 0.2) is 10.6 Å². The Balaban J connectivity index is 1.84. The highest BCUT2D eigenvalue weighted by Crippen LogP contribution is 2.43. The van der Waals surface area contributed by atoms with Gasteiger partial charge in [-0.05, 0) is 56.2 Å². The van der Waals surface area contributed by atoms with E-state index in [1.165, 1.54) is 11.3 Å². The lowest BCUT2D eigenvalue weighted by Crippen LogP contribution is -2.29. The first-order valence-corrected chi connectivity index (χ1v) is 10.5. The van der Waals surface area contributed by atoms with E-state index in [1.807, 2.05) is 20.8 Å². The number of carbonyl (C=O) groups excluding carboxylic acids is 1. The summed E-state index contributed by atoms with van der Waals surface area (Å²) in [4.78, 5) is 38.2. The van der Waals surface area contributed by atoms with Crippen LogP contribution >= 0.6 is 22.9 Å². The van der Waals surface area contributed by atoms with E-state index in [-0.39, 0.29) is 17.1 Å². The fraction of sp³-hybridized carbons (Fsp3) is 0.182. The topological polar surface area (TPSA) is 76.3 Å². The van der Waals surface area contributed by atoms with Crippen LogP contribution in [-0.2, 0) is 0 Å². The molecule has 0 saturated heterocycles. The average Bonchev–Trinajstić information content (AvgIpc) is 3.21. The maximum Gasteiger partial charge on any atom is 0.297 e. The number of amides is 1. The zero-order valence-corrected chi connectivity index (χ0v) is 18.0. The van der Waals surface area contributed by atoms with Gasteiger partial charge < -0.3 is 4.42 Å². The number of rotatable bonds is 2. The first kappa shape index (κ1) is 19.0. The lowest BCUT2D eigenvalue weighted by atomic mass is 9.99. The van der Waals surface area contributed by atoms with Crippen LogP contribution in [0.2, 0.25) is 5.02 Å². The highest BCUT2D eigenvalue weighted by molar-refractivity contribution is 7.15. The van der Waals surface area contributed by atoms with Gasteiger partial charge in [-0.25, -0.2) is 4.98 Å². The van der Waals surface area contributed by atoms with E-state index >= 15 is 0 Å². The average molecular weight is 438 g/mol. The fourth-order valence-electron chi connectivity index (χ4n) is 3.71. The zero-order valence-electron chi connectivity index (χ0n) is 16.4. The van der Waals surface area contributed by atoms with Crippen LogP contribution in [0.4, 0.5) is 5.13 Å². The van der Waals surface area contributed by atoms with Crippen LogP contribution in [0, 0.1) is 20.8 Å². The summed E-state index contributed by atoms with van der Waals surface area (Å²) in [5.74, 6) is -0.339. The molecule has 1 aliphatic heterocycles. The molecule has 0 aliphatic carbocycles. The van der Waals surface area contributed by atoms with Crippen molar-refractivity contribution in [2.75, 3.05) is 4.90 Å². The number of fused-ring (bicyclic) bond motifs is 2. The molecule has 1 unspecified atom stereocenters. The number of nitrogens with zero attached hydrogens (tertiary/aromatic N) is 3. The highest BCUT2D eigenvalue weighted by atomic mass is 35.5. The number of aromatic nitrogens is 2. The Hall–Kier alpha value is -3.03. The van der Waals surface area contributed by atoms with Crippen LogP contribution in [0.15, 0.2) is 45.9 Å². The molecule has 1 amide bonds. The van der Waals surface area contributed by atoms with Crippen LogP contribution in [0.25, 0.3) is 11.0 Å². The van der Waals surface area contributed by atoms with Gasteiger partial charge in [-0.2, -0.15) is 0 Å². The number of benzene rings is 1. The van der Waals surface area contributed by atoms with Crippen molar-refractivity contribution in [3.8, 4) is 0 Å². The minimum Gasteiger partial charge on any atom is -0.450 e. The van der Waals surface area contributed by atoms with Gasteiger partial charge in [-0.15, -0.1) is 11.3 Å². The highest BCUT2D eigenvalue weighted by Gasteiger charge is 2.45. The van der Waals surface area contributed by atoms with E-state index in [2.05, 4.69) is 9.97 Å². The number of thiazole rings is 1. The molecule has 0 spiro atoms. The summed E-state index contributed by atoms with van der Waals surface area (Å²) in [7, 11) is 0. The molecule has 150 valence electrons. The molecule has 4 aromatic rings. The van der Waals surface area contributed by atoms with Crippen molar-refractivity contribution in [2.45, 2.75) is 26.8 Å². The standard InChI is InChI=1S/C22H16ClN3O3S/c1-10-8-16-14(9-15(10)23)19(27)17-18(13-4-6-24-7-5-13)26(21(28)20(17)29-16)22-25-11(2)12(3)30-22/h4-9,18H,1-3H3. The van der Waals surface area contributed by atoms with Crippen LogP contribution in [0.5, 0.6) is 0 Å². The van der Waals surface area contributed by atoms with Crippen molar-refractivity contribution in [2.24, 2.45) is 0 Å². The molecule has 1 aliphatic rings. The van der Waals surface area contributed by atoms with Gasteiger partial charge in [0.1, 0.15) is 5.58 Å². The minimum atomic E-state index is -0.652. The van der Waals surface area contributed by atoms with Crippen LogP contribution in [0.3, 0.4) is 0 Å². The van der Waals surface area contributed by atoms with Crippen molar-refractivity contribution >= 4 is 44.9 Å². The molecule has 1 atom stereocenters. The van der Waals surface area contributed by atoms with E-state index in [9.17, 15) is 9.59 Å². The number of pyridine rings is 1. The van der Waals surface area contributed by atoms with Crippen molar-refractivity contribution in [1.82, 2.24) is 9.97 Å². The van der Waals surface area contributed by atoms with Gasteiger partial charge in [0.2, 0.25) is 5.76 Å². The lowest BCUT2D eigenvalue weighted by Gasteiger charge is -2.22. The van der Waals surface area contributed by atoms with Crippen molar-refractivity contribution in [1.29, 1.82) is 0 Å². The smallest absolute Gasteiger partial charge is 0.297 e. The van der Waals surface area contributed by atoms with Crippen LogP contribution < -0.4 is 10.3 Å². The van der Waals surface area contributed by atoms with E-state index < -0.39 is 6.04 Å². The Morgan fingerprint density at radius 3 is 2.53 bits per heavy atom. The Kier molecular flexibility index (Phi) is 4.27. The molecule has 4 heterocycles. The Bertz CT molecular complexity index is 1380. The summed E-state index contributed by atoms with van der Waals surface area (Å²) in [5.41, 5.74) is 2.74. The van der Waals surface area contributed by atoms with Gasteiger partial charge in [0, 0.05) is 22.3 Å². The number of anilines is 1. The van der Waals surface area contributed by atoms with Crippen LogP contribution in [-0.4, -0.2) is 15.9 Å². The summed E-state index contributed by atoms with van der Waals surface area (Å²) in [6, 6.07) is 6.22. The largest absolute Gasteiger partial charge is 0.450 e. The van der Waals surface area contributed by atoms with E-state index in [4.69, 9.17) is 16.0 Å². The summed E-state index contributed by atoms with van der Waals surface area (Å²) in [6.07, 6.45) is 3.27. The van der Waals surface area contributed by atoms with Gasteiger partial charge in [0.05, 0.1) is 22.7 Å². The van der Waals surface area contributed by atoms with E-state index in [0.717, 1.165) is 21.7 Å². The molecule has 1 aromatic carbocycles. The molecule has 0 N–H and O–H groups in total. The molecule has 0 saturated carbocycles. The molecule has 8 heteroatoms. The predicted molar refractivity (Wildman–Crippen MR) is 117 cm³/mol. The molecular weight excluding hydrogens is 422 g/mol. The first-order valence-electron chi connectivity index (χ1n) is 9.31. The Morgan fingerprint density at radius 2 is 1.87 bits per heavy atom. The summed E-state index contributed by atoms with van der Waals surface area (Å²) in [6.45, 7) is 5.67. The SMILES string of the molecule is Cc1cc2oc3c(c(=O)c2cc1Cl)C(c1ccncc1)N(c1nc(C)c(C)s1)C3=O.